The number of nitrogens with zero attached hydrogens (tertiary/aromatic N) is 2. The van der Waals surface area contributed by atoms with Crippen molar-refractivity contribution in [1.29, 1.82) is 0 Å². The van der Waals surface area contributed by atoms with Gasteiger partial charge < -0.3 is 10.2 Å². The summed E-state index contributed by atoms with van der Waals surface area (Å²) in [5.41, 5.74) is 1.90. The highest BCUT2D eigenvalue weighted by Crippen LogP contribution is 2.32. The van der Waals surface area contributed by atoms with Crippen LogP contribution in [0.15, 0.2) is 0 Å². The first-order valence-electron chi connectivity index (χ1n) is 10.9. The molecule has 6 heteroatoms. The van der Waals surface area contributed by atoms with Gasteiger partial charge in [0, 0.05) is 44.8 Å². The fraction of sp³-hybridized carbons (Fsp3) is 0.950. The predicted molar refractivity (Wildman–Crippen MR) is 105 cm³/mol. The minimum absolute atomic E-state index is 0.215. The molecule has 0 aliphatic carbocycles. The number of amides is 2. The maximum Gasteiger partial charge on any atom is 0.341 e. The molecule has 2 aliphatic heterocycles. The molecule has 0 bridgehead atoms. The highest BCUT2D eigenvalue weighted by molar-refractivity contribution is 5.73. The summed E-state index contributed by atoms with van der Waals surface area (Å²) in [4.78, 5) is 16.8. The van der Waals surface area contributed by atoms with Crippen LogP contribution in [-0.4, -0.2) is 65.8 Å². The van der Waals surface area contributed by atoms with Gasteiger partial charge in [0.2, 0.25) is 0 Å². The van der Waals surface area contributed by atoms with Gasteiger partial charge in [-0.1, -0.05) is 52.4 Å². The topological polar surface area (TPSA) is 67.8 Å². The van der Waals surface area contributed by atoms with E-state index >= 15 is 0 Å². The van der Waals surface area contributed by atoms with Crippen LogP contribution in [0.5, 0.6) is 0 Å². The number of carbonyl (C=O) groups is 1. The van der Waals surface area contributed by atoms with E-state index in [2.05, 4.69) is 24.1 Å². The van der Waals surface area contributed by atoms with E-state index < -0.39 is 0 Å². The fourth-order valence-corrected chi connectivity index (χ4v) is 4.75. The number of carbonyl (C=O) groups excluding carboxylic acids is 1. The van der Waals surface area contributed by atoms with E-state index in [0.29, 0.717) is 12.0 Å². The zero-order valence-electron chi connectivity index (χ0n) is 16.9. The Labute approximate surface area is 159 Å². The van der Waals surface area contributed by atoms with Gasteiger partial charge in [0.05, 0.1) is 0 Å². The number of urea groups is 1. The second-order valence-corrected chi connectivity index (χ2v) is 8.06. The highest BCUT2D eigenvalue weighted by Gasteiger charge is 2.38. The molecule has 3 atom stereocenters. The Balaban J connectivity index is 2.11. The lowest BCUT2D eigenvalue weighted by Crippen LogP contribution is -2.61. The molecule has 2 amide bonds. The van der Waals surface area contributed by atoms with Crippen LogP contribution in [0.3, 0.4) is 0 Å². The van der Waals surface area contributed by atoms with Crippen molar-refractivity contribution >= 4 is 6.03 Å². The maximum absolute atomic E-state index is 12.3. The number of piperazine rings is 1. The summed E-state index contributed by atoms with van der Waals surface area (Å²) in [7, 11) is 0. The van der Waals surface area contributed by atoms with E-state index in [9.17, 15) is 10.0 Å². The van der Waals surface area contributed by atoms with Gasteiger partial charge in [-0.15, -0.1) is 0 Å². The van der Waals surface area contributed by atoms with Gasteiger partial charge in [0.1, 0.15) is 0 Å². The van der Waals surface area contributed by atoms with Crippen molar-refractivity contribution in [3.8, 4) is 0 Å². The molecule has 0 saturated carbocycles. The van der Waals surface area contributed by atoms with Crippen molar-refractivity contribution in [2.24, 2.45) is 5.92 Å². The van der Waals surface area contributed by atoms with Crippen LogP contribution in [-0.2, 0) is 0 Å². The SMILES string of the molecule is CCCCCC1CCN(C(=O)NO)C(C(CCCC)N2CCNCC2)C1. The smallest absolute Gasteiger partial charge is 0.318 e. The summed E-state index contributed by atoms with van der Waals surface area (Å²) >= 11 is 0. The van der Waals surface area contributed by atoms with Crippen LogP contribution < -0.4 is 10.8 Å². The number of unbranched alkanes of at least 4 members (excludes halogenated alkanes) is 3. The summed E-state index contributed by atoms with van der Waals surface area (Å²) in [6, 6.07) is 0.300. The number of hydrogen-bond donors (Lipinski definition) is 3. The molecular formula is C20H40N4O2. The van der Waals surface area contributed by atoms with Gasteiger partial charge in [0.15, 0.2) is 0 Å². The maximum atomic E-state index is 12.3. The molecule has 26 heavy (non-hydrogen) atoms. The average molecular weight is 369 g/mol. The molecule has 2 rings (SSSR count). The van der Waals surface area contributed by atoms with Gasteiger partial charge in [0.25, 0.3) is 0 Å². The fourth-order valence-electron chi connectivity index (χ4n) is 4.75. The Kier molecular flexibility index (Phi) is 9.72. The normalized spacial score (nSPS) is 25.9. The van der Waals surface area contributed by atoms with Gasteiger partial charge in [-0.25, -0.2) is 10.3 Å². The Morgan fingerprint density at radius 1 is 1.15 bits per heavy atom. The lowest BCUT2D eigenvalue weighted by atomic mass is 9.82. The van der Waals surface area contributed by atoms with Crippen molar-refractivity contribution in [3.63, 3.8) is 0 Å². The number of nitrogens with one attached hydrogen (secondary N) is 2. The summed E-state index contributed by atoms with van der Waals surface area (Å²) < 4.78 is 0. The third-order valence-corrected chi connectivity index (χ3v) is 6.24. The Morgan fingerprint density at radius 3 is 2.54 bits per heavy atom. The number of rotatable bonds is 9. The van der Waals surface area contributed by atoms with Crippen molar-refractivity contribution in [2.75, 3.05) is 32.7 Å². The molecule has 3 N–H and O–H groups in total. The van der Waals surface area contributed by atoms with Gasteiger partial charge in [-0.3, -0.25) is 10.1 Å². The van der Waals surface area contributed by atoms with Crippen molar-refractivity contribution in [3.05, 3.63) is 0 Å². The lowest BCUT2D eigenvalue weighted by Gasteiger charge is -2.47. The average Bonchev–Trinajstić information content (AvgIpc) is 2.69. The van der Waals surface area contributed by atoms with Crippen molar-refractivity contribution in [2.45, 2.75) is 83.7 Å². The molecule has 2 fully saturated rings. The Bertz CT molecular complexity index is 401. The van der Waals surface area contributed by atoms with Crippen LogP contribution >= 0.6 is 0 Å². The highest BCUT2D eigenvalue weighted by atomic mass is 16.5. The molecule has 0 spiro atoms. The number of likely N-dealkylation sites (tertiary alicyclic amines) is 1. The summed E-state index contributed by atoms with van der Waals surface area (Å²) in [6.07, 6.45) is 10.8. The second kappa shape index (κ2) is 11.8. The molecule has 152 valence electrons. The molecular weight excluding hydrogens is 328 g/mol. The first-order chi connectivity index (χ1) is 12.7. The first-order valence-corrected chi connectivity index (χ1v) is 10.9. The van der Waals surface area contributed by atoms with Crippen molar-refractivity contribution in [1.82, 2.24) is 20.6 Å². The molecule has 2 saturated heterocycles. The first kappa shape index (κ1) is 21.5. The van der Waals surface area contributed by atoms with E-state index in [1.54, 1.807) is 0 Å². The monoisotopic (exact) mass is 368 g/mol. The van der Waals surface area contributed by atoms with E-state index in [4.69, 9.17) is 0 Å². The number of hydroxylamine groups is 1. The number of hydrogen-bond acceptors (Lipinski definition) is 4. The molecule has 2 aliphatic rings. The molecule has 0 radical (unpaired) electrons. The molecule has 0 aromatic rings. The quantitative estimate of drug-likeness (QED) is 0.332. The number of piperidine rings is 1. The lowest BCUT2D eigenvalue weighted by molar-refractivity contribution is 0.0287. The van der Waals surface area contributed by atoms with Gasteiger partial charge in [-0.2, -0.15) is 0 Å². The third kappa shape index (κ3) is 6.10. The van der Waals surface area contributed by atoms with Crippen LogP contribution in [0, 0.1) is 5.92 Å². The summed E-state index contributed by atoms with van der Waals surface area (Å²) in [6.45, 7) is 9.43. The molecule has 0 aromatic carbocycles. The van der Waals surface area contributed by atoms with E-state index in [1.165, 1.54) is 38.5 Å². The predicted octanol–water partition coefficient (Wildman–Crippen LogP) is 3.21. The van der Waals surface area contributed by atoms with Crippen LogP contribution in [0.2, 0.25) is 0 Å². The zero-order valence-corrected chi connectivity index (χ0v) is 16.9. The molecule has 3 unspecified atom stereocenters. The standard InChI is InChI=1S/C20H40N4O2/c1-3-5-7-8-17-10-13-24(20(25)22-26)19(16-17)18(9-6-4-2)23-14-11-21-12-15-23/h17-19,21,26H,3-16H2,1-2H3,(H,22,25). The zero-order chi connectivity index (χ0) is 18.8. The third-order valence-electron chi connectivity index (χ3n) is 6.24. The summed E-state index contributed by atoms with van der Waals surface area (Å²) in [5, 5.41) is 12.7. The minimum atomic E-state index is -0.321. The van der Waals surface area contributed by atoms with Crippen LogP contribution in [0.4, 0.5) is 4.79 Å². The van der Waals surface area contributed by atoms with Crippen LogP contribution in [0.1, 0.15) is 71.6 Å². The summed E-state index contributed by atoms with van der Waals surface area (Å²) in [5.74, 6) is 0.710. The molecule has 0 aromatic heterocycles. The van der Waals surface area contributed by atoms with E-state index in [0.717, 1.165) is 52.0 Å². The molecule has 2 heterocycles. The van der Waals surface area contributed by atoms with E-state index in [1.807, 2.05) is 10.4 Å². The minimum Gasteiger partial charge on any atom is -0.318 e. The van der Waals surface area contributed by atoms with Crippen LogP contribution in [0.25, 0.3) is 0 Å². The largest absolute Gasteiger partial charge is 0.341 e. The Morgan fingerprint density at radius 2 is 1.88 bits per heavy atom. The second-order valence-electron chi connectivity index (χ2n) is 8.06. The van der Waals surface area contributed by atoms with Gasteiger partial charge in [-0.05, 0) is 25.2 Å². The van der Waals surface area contributed by atoms with Crippen molar-refractivity contribution < 1.29 is 10.0 Å². The Hall–Kier alpha value is -0.850. The molecule has 6 nitrogen and oxygen atoms in total. The van der Waals surface area contributed by atoms with Gasteiger partial charge >= 0.3 is 6.03 Å². The van der Waals surface area contributed by atoms with E-state index in [-0.39, 0.29) is 12.1 Å².